The SMILES string of the molecule is Fc1ccc(C2=NN(c3ccccc3F)C(c3ccccc3)C2)cc1. The summed E-state index contributed by atoms with van der Waals surface area (Å²) in [7, 11) is 0. The van der Waals surface area contributed by atoms with Crippen molar-refractivity contribution in [3.8, 4) is 0 Å². The van der Waals surface area contributed by atoms with Crippen LogP contribution in [-0.4, -0.2) is 5.71 Å². The highest BCUT2D eigenvalue weighted by Crippen LogP contribution is 2.37. The van der Waals surface area contributed by atoms with Crippen LogP contribution in [0.2, 0.25) is 0 Å². The van der Waals surface area contributed by atoms with E-state index in [-0.39, 0.29) is 17.7 Å². The summed E-state index contributed by atoms with van der Waals surface area (Å²) < 4.78 is 27.6. The van der Waals surface area contributed by atoms with Gasteiger partial charge in [-0.2, -0.15) is 5.10 Å². The zero-order chi connectivity index (χ0) is 17.2. The Morgan fingerprint density at radius 3 is 2.20 bits per heavy atom. The topological polar surface area (TPSA) is 15.6 Å². The zero-order valence-corrected chi connectivity index (χ0v) is 13.4. The predicted molar refractivity (Wildman–Crippen MR) is 95.6 cm³/mol. The van der Waals surface area contributed by atoms with Gasteiger partial charge in [0.2, 0.25) is 0 Å². The van der Waals surface area contributed by atoms with Crippen LogP contribution >= 0.6 is 0 Å². The van der Waals surface area contributed by atoms with Crippen molar-refractivity contribution in [2.75, 3.05) is 5.01 Å². The van der Waals surface area contributed by atoms with Crippen molar-refractivity contribution >= 4 is 11.4 Å². The molecular weight excluding hydrogens is 318 g/mol. The van der Waals surface area contributed by atoms with Gasteiger partial charge >= 0.3 is 0 Å². The van der Waals surface area contributed by atoms with Gasteiger partial charge in [0.05, 0.1) is 17.4 Å². The van der Waals surface area contributed by atoms with Gasteiger partial charge < -0.3 is 0 Å². The highest BCUT2D eigenvalue weighted by Gasteiger charge is 2.31. The quantitative estimate of drug-likeness (QED) is 0.633. The predicted octanol–water partition coefficient (Wildman–Crippen LogP) is 5.32. The summed E-state index contributed by atoms with van der Waals surface area (Å²) in [6.07, 6.45) is 0.629. The molecule has 1 unspecified atom stereocenters. The Bertz CT molecular complexity index is 905. The van der Waals surface area contributed by atoms with Gasteiger partial charge in [0.15, 0.2) is 0 Å². The summed E-state index contributed by atoms with van der Waals surface area (Å²) in [5.41, 5.74) is 3.17. The zero-order valence-electron chi connectivity index (χ0n) is 13.4. The molecule has 2 nitrogen and oxygen atoms in total. The first-order valence-corrected chi connectivity index (χ1v) is 8.14. The second-order valence-corrected chi connectivity index (χ2v) is 5.98. The van der Waals surface area contributed by atoms with E-state index in [1.165, 1.54) is 18.2 Å². The molecule has 1 aliphatic heterocycles. The first kappa shape index (κ1) is 15.5. The van der Waals surface area contributed by atoms with Crippen molar-refractivity contribution in [2.45, 2.75) is 12.5 Å². The largest absolute Gasteiger partial charge is 0.254 e. The van der Waals surface area contributed by atoms with Gasteiger partial charge in [-0.25, -0.2) is 8.78 Å². The number of anilines is 1. The van der Waals surface area contributed by atoms with E-state index < -0.39 is 0 Å². The molecule has 0 saturated carbocycles. The lowest BCUT2D eigenvalue weighted by Crippen LogP contribution is -2.19. The minimum Gasteiger partial charge on any atom is -0.254 e. The van der Waals surface area contributed by atoms with E-state index in [1.807, 2.05) is 30.3 Å². The first-order valence-electron chi connectivity index (χ1n) is 8.14. The number of para-hydroxylation sites is 1. The molecule has 1 heterocycles. The molecule has 1 aliphatic rings. The van der Waals surface area contributed by atoms with E-state index in [0.717, 1.165) is 16.8 Å². The minimum atomic E-state index is -0.312. The second-order valence-electron chi connectivity index (χ2n) is 5.98. The fourth-order valence-electron chi connectivity index (χ4n) is 3.12. The van der Waals surface area contributed by atoms with Crippen LogP contribution in [0.1, 0.15) is 23.6 Å². The molecule has 3 aromatic rings. The van der Waals surface area contributed by atoms with Crippen molar-refractivity contribution in [2.24, 2.45) is 5.10 Å². The molecule has 0 aromatic heterocycles. The molecule has 4 heteroatoms. The average Bonchev–Trinajstić information content (AvgIpc) is 3.08. The number of hydrogen-bond donors (Lipinski definition) is 0. The van der Waals surface area contributed by atoms with Crippen LogP contribution in [-0.2, 0) is 0 Å². The number of halogens is 2. The van der Waals surface area contributed by atoms with Gasteiger partial charge in [0.25, 0.3) is 0 Å². The molecule has 0 radical (unpaired) electrons. The Hall–Kier alpha value is -3.01. The number of benzene rings is 3. The fourth-order valence-corrected chi connectivity index (χ4v) is 3.12. The lowest BCUT2D eigenvalue weighted by molar-refractivity contribution is 0.606. The Morgan fingerprint density at radius 2 is 1.48 bits per heavy atom. The van der Waals surface area contributed by atoms with E-state index in [1.54, 1.807) is 35.3 Å². The Labute approximate surface area is 145 Å². The highest BCUT2D eigenvalue weighted by atomic mass is 19.1. The summed E-state index contributed by atoms with van der Waals surface area (Å²) in [5, 5.41) is 6.39. The molecule has 25 heavy (non-hydrogen) atoms. The van der Waals surface area contributed by atoms with Crippen LogP contribution in [0, 0.1) is 11.6 Å². The third-order valence-corrected chi connectivity index (χ3v) is 4.37. The summed E-state index contributed by atoms with van der Waals surface area (Å²) >= 11 is 0. The number of rotatable bonds is 3. The van der Waals surface area contributed by atoms with Crippen molar-refractivity contribution < 1.29 is 8.78 Å². The van der Waals surface area contributed by atoms with Crippen LogP contribution in [0.5, 0.6) is 0 Å². The summed E-state index contributed by atoms with van der Waals surface area (Å²) in [5.74, 6) is -0.597. The van der Waals surface area contributed by atoms with Gasteiger partial charge in [0.1, 0.15) is 11.6 Å². The Kier molecular flexibility index (Phi) is 4.02. The van der Waals surface area contributed by atoms with Crippen LogP contribution in [0.15, 0.2) is 84.0 Å². The van der Waals surface area contributed by atoms with Crippen LogP contribution in [0.25, 0.3) is 0 Å². The standard InChI is InChI=1S/C21H16F2N2/c22-17-12-10-15(11-13-17)19-14-21(16-6-2-1-3-7-16)25(24-19)20-9-5-4-8-18(20)23/h1-13,21H,14H2. The van der Waals surface area contributed by atoms with Crippen molar-refractivity contribution in [1.29, 1.82) is 0 Å². The monoisotopic (exact) mass is 334 g/mol. The van der Waals surface area contributed by atoms with Crippen molar-refractivity contribution in [3.63, 3.8) is 0 Å². The molecule has 124 valence electrons. The van der Waals surface area contributed by atoms with Crippen LogP contribution in [0.3, 0.4) is 0 Å². The molecule has 0 spiro atoms. The average molecular weight is 334 g/mol. The van der Waals surface area contributed by atoms with Gasteiger partial charge in [0, 0.05) is 6.42 Å². The second kappa shape index (κ2) is 6.48. The molecule has 4 rings (SSSR count). The molecule has 0 aliphatic carbocycles. The normalized spacial score (nSPS) is 16.8. The summed E-state index contributed by atoms with van der Waals surface area (Å²) in [6.45, 7) is 0. The smallest absolute Gasteiger partial charge is 0.148 e. The van der Waals surface area contributed by atoms with E-state index in [9.17, 15) is 8.78 Å². The van der Waals surface area contributed by atoms with Gasteiger partial charge in [-0.05, 0) is 35.4 Å². The molecule has 3 aromatic carbocycles. The van der Waals surface area contributed by atoms with Gasteiger partial charge in [-0.15, -0.1) is 0 Å². The van der Waals surface area contributed by atoms with Gasteiger partial charge in [-0.3, -0.25) is 5.01 Å². The molecular formula is C21H16F2N2. The van der Waals surface area contributed by atoms with Crippen molar-refractivity contribution in [1.82, 2.24) is 0 Å². The lowest BCUT2D eigenvalue weighted by atomic mass is 9.98. The van der Waals surface area contributed by atoms with E-state index in [4.69, 9.17) is 0 Å². The number of nitrogens with zero attached hydrogens (tertiary/aromatic N) is 2. The van der Waals surface area contributed by atoms with Gasteiger partial charge in [-0.1, -0.05) is 54.6 Å². The number of hydrazone groups is 1. The summed E-state index contributed by atoms with van der Waals surface area (Å²) in [6, 6.07) is 22.7. The third kappa shape index (κ3) is 3.03. The lowest BCUT2D eigenvalue weighted by Gasteiger charge is -2.24. The van der Waals surface area contributed by atoms with Crippen molar-refractivity contribution in [3.05, 3.63) is 102 Å². The minimum absolute atomic E-state index is 0.0989. The first-order chi connectivity index (χ1) is 12.2. The van der Waals surface area contributed by atoms with E-state index >= 15 is 0 Å². The van der Waals surface area contributed by atoms with Crippen LogP contribution in [0.4, 0.5) is 14.5 Å². The molecule has 0 amide bonds. The summed E-state index contributed by atoms with van der Waals surface area (Å²) in [4.78, 5) is 0. The maximum absolute atomic E-state index is 14.4. The molecule has 1 atom stereocenters. The fraction of sp³-hybridized carbons (Fsp3) is 0.0952. The Balaban J connectivity index is 1.77. The highest BCUT2D eigenvalue weighted by molar-refractivity contribution is 6.03. The molecule has 0 bridgehead atoms. The molecule has 0 fully saturated rings. The molecule has 0 saturated heterocycles. The van der Waals surface area contributed by atoms with E-state index in [0.29, 0.717) is 12.1 Å². The molecule has 0 N–H and O–H groups in total. The van der Waals surface area contributed by atoms with E-state index in [2.05, 4.69) is 5.10 Å². The Morgan fingerprint density at radius 1 is 0.800 bits per heavy atom. The third-order valence-electron chi connectivity index (χ3n) is 4.37. The number of hydrogen-bond acceptors (Lipinski definition) is 2. The maximum Gasteiger partial charge on any atom is 0.148 e. The van der Waals surface area contributed by atoms with Crippen LogP contribution < -0.4 is 5.01 Å². The maximum atomic E-state index is 14.4.